The van der Waals surface area contributed by atoms with Crippen LogP contribution in [0.2, 0.25) is 5.02 Å². The summed E-state index contributed by atoms with van der Waals surface area (Å²) in [6.07, 6.45) is 4.16. The van der Waals surface area contributed by atoms with Crippen molar-refractivity contribution in [3.8, 4) is 22.8 Å². The second-order valence-electron chi connectivity index (χ2n) is 7.07. The van der Waals surface area contributed by atoms with Crippen LogP contribution in [-0.2, 0) is 6.61 Å². The molecule has 0 radical (unpaired) electrons. The number of ether oxygens (including phenoxy) is 2. The molecule has 1 aliphatic rings. The van der Waals surface area contributed by atoms with Gasteiger partial charge >= 0.3 is 5.97 Å². The van der Waals surface area contributed by atoms with Crippen molar-refractivity contribution in [2.75, 3.05) is 6.61 Å². The van der Waals surface area contributed by atoms with Gasteiger partial charge in [0, 0.05) is 11.6 Å². The zero-order valence-electron chi connectivity index (χ0n) is 15.7. The maximum atomic E-state index is 10.9. The highest BCUT2D eigenvalue weighted by atomic mass is 35.5. The highest BCUT2D eigenvalue weighted by Crippen LogP contribution is 2.33. The first-order chi connectivity index (χ1) is 14.1. The van der Waals surface area contributed by atoms with Gasteiger partial charge in [-0.25, -0.2) is 4.79 Å². The topological polar surface area (TPSA) is 68.7 Å². The van der Waals surface area contributed by atoms with Crippen LogP contribution in [0.3, 0.4) is 0 Å². The van der Waals surface area contributed by atoms with E-state index in [1.807, 2.05) is 24.3 Å². The highest BCUT2D eigenvalue weighted by molar-refractivity contribution is 6.33. The molecule has 0 unspecified atom stereocenters. The van der Waals surface area contributed by atoms with Crippen molar-refractivity contribution in [1.29, 1.82) is 0 Å². The molecule has 1 heterocycles. The second-order valence-corrected chi connectivity index (χ2v) is 7.48. The number of carboxylic acids is 1. The molecule has 1 saturated carbocycles. The lowest BCUT2D eigenvalue weighted by molar-refractivity contribution is 0.0697. The van der Waals surface area contributed by atoms with E-state index in [-0.39, 0.29) is 5.56 Å². The molecule has 3 aromatic rings. The molecular weight excluding hydrogens is 390 g/mol. The summed E-state index contributed by atoms with van der Waals surface area (Å²) in [5.74, 6) is 1.08. The molecule has 6 heteroatoms. The van der Waals surface area contributed by atoms with Gasteiger partial charge in [-0.2, -0.15) is 0 Å². The van der Waals surface area contributed by atoms with Crippen LogP contribution in [0.25, 0.3) is 11.3 Å². The van der Waals surface area contributed by atoms with Gasteiger partial charge in [-0.3, -0.25) is 4.98 Å². The second kappa shape index (κ2) is 8.53. The van der Waals surface area contributed by atoms with Crippen LogP contribution in [-0.4, -0.2) is 22.7 Å². The zero-order valence-corrected chi connectivity index (χ0v) is 16.4. The van der Waals surface area contributed by atoms with E-state index in [4.69, 9.17) is 26.2 Å². The third-order valence-electron chi connectivity index (χ3n) is 4.71. The number of benzene rings is 2. The fourth-order valence-corrected chi connectivity index (χ4v) is 3.12. The van der Waals surface area contributed by atoms with E-state index in [0.717, 1.165) is 11.1 Å². The number of hydrogen-bond donors (Lipinski definition) is 1. The van der Waals surface area contributed by atoms with Gasteiger partial charge in [-0.15, -0.1) is 0 Å². The van der Waals surface area contributed by atoms with Crippen molar-refractivity contribution in [3.63, 3.8) is 0 Å². The standard InChI is InChI=1S/C23H20ClNO4/c24-21-11-20(29-14-15-4-5-15)12-25-22(21)18-2-1-3-19(10-18)28-13-16-6-8-17(9-7-16)23(26)27/h1-3,6-12,15H,4-5,13-14H2,(H,26,27). The SMILES string of the molecule is O=C(O)c1ccc(COc2cccc(-c3ncc(OCC4CC4)cc3Cl)c2)cc1. The van der Waals surface area contributed by atoms with E-state index in [1.165, 1.54) is 12.8 Å². The number of aromatic carboxylic acids is 1. The summed E-state index contributed by atoms with van der Waals surface area (Å²) < 4.78 is 11.6. The molecule has 1 aliphatic carbocycles. The maximum Gasteiger partial charge on any atom is 0.335 e. The van der Waals surface area contributed by atoms with E-state index in [2.05, 4.69) is 4.98 Å². The Labute approximate surface area is 173 Å². The number of carboxylic acid groups (broad SMARTS) is 1. The van der Waals surface area contributed by atoms with Gasteiger partial charge < -0.3 is 14.6 Å². The van der Waals surface area contributed by atoms with Crippen molar-refractivity contribution in [1.82, 2.24) is 4.98 Å². The minimum atomic E-state index is -0.946. The molecule has 29 heavy (non-hydrogen) atoms. The van der Waals surface area contributed by atoms with Crippen molar-refractivity contribution >= 4 is 17.6 Å². The third kappa shape index (κ3) is 5.06. The van der Waals surface area contributed by atoms with Crippen molar-refractivity contribution in [2.24, 2.45) is 5.92 Å². The van der Waals surface area contributed by atoms with E-state index < -0.39 is 5.97 Å². The highest BCUT2D eigenvalue weighted by Gasteiger charge is 2.22. The van der Waals surface area contributed by atoms with E-state index in [1.54, 1.807) is 36.5 Å². The molecule has 5 nitrogen and oxygen atoms in total. The van der Waals surface area contributed by atoms with Crippen molar-refractivity contribution in [2.45, 2.75) is 19.4 Å². The molecule has 0 aliphatic heterocycles. The van der Waals surface area contributed by atoms with Gasteiger partial charge in [0.05, 0.1) is 29.1 Å². The molecule has 2 aromatic carbocycles. The van der Waals surface area contributed by atoms with Gasteiger partial charge in [-0.1, -0.05) is 35.9 Å². The summed E-state index contributed by atoms with van der Waals surface area (Å²) in [7, 11) is 0. The summed E-state index contributed by atoms with van der Waals surface area (Å²) >= 11 is 6.43. The molecule has 148 valence electrons. The number of pyridine rings is 1. The number of rotatable bonds is 8. The van der Waals surface area contributed by atoms with Crippen LogP contribution < -0.4 is 9.47 Å². The smallest absolute Gasteiger partial charge is 0.335 e. The van der Waals surface area contributed by atoms with Crippen LogP contribution in [0, 0.1) is 5.92 Å². The predicted octanol–water partition coefficient (Wildman–Crippen LogP) is 5.47. The fourth-order valence-electron chi connectivity index (χ4n) is 2.85. The molecule has 1 aromatic heterocycles. The minimum Gasteiger partial charge on any atom is -0.492 e. The Hall–Kier alpha value is -3.05. The molecule has 4 rings (SSSR count). The lowest BCUT2D eigenvalue weighted by Gasteiger charge is -2.10. The van der Waals surface area contributed by atoms with Crippen LogP contribution in [0.1, 0.15) is 28.8 Å². The minimum absolute atomic E-state index is 0.251. The van der Waals surface area contributed by atoms with E-state index in [0.29, 0.717) is 41.3 Å². The quantitative estimate of drug-likeness (QED) is 0.534. The van der Waals surface area contributed by atoms with Crippen molar-refractivity contribution in [3.05, 3.63) is 76.9 Å². The Bertz CT molecular complexity index is 1020. The van der Waals surface area contributed by atoms with Crippen molar-refractivity contribution < 1.29 is 19.4 Å². The van der Waals surface area contributed by atoms with Crippen LogP contribution in [0.5, 0.6) is 11.5 Å². The molecule has 0 amide bonds. The normalized spacial score (nSPS) is 13.1. The predicted molar refractivity (Wildman–Crippen MR) is 111 cm³/mol. The Kier molecular flexibility index (Phi) is 5.67. The lowest BCUT2D eigenvalue weighted by Crippen LogP contribution is -2.00. The molecule has 1 N–H and O–H groups in total. The summed E-state index contributed by atoms with van der Waals surface area (Å²) in [4.78, 5) is 15.4. The first kappa shape index (κ1) is 19.3. The average molecular weight is 410 g/mol. The first-order valence-corrected chi connectivity index (χ1v) is 9.80. The van der Waals surface area contributed by atoms with E-state index in [9.17, 15) is 4.79 Å². The fraction of sp³-hybridized carbons (Fsp3) is 0.217. The van der Waals surface area contributed by atoms with Crippen LogP contribution >= 0.6 is 11.6 Å². The number of carbonyl (C=O) groups is 1. The summed E-state index contributed by atoms with van der Waals surface area (Å²) in [6, 6.07) is 16.0. The largest absolute Gasteiger partial charge is 0.492 e. The number of hydrogen-bond acceptors (Lipinski definition) is 4. The Balaban J connectivity index is 1.43. The van der Waals surface area contributed by atoms with Gasteiger partial charge in [0.2, 0.25) is 0 Å². The van der Waals surface area contributed by atoms with Gasteiger partial charge in [-0.05, 0) is 48.6 Å². The Morgan fingerprint density at radius 3 is 2.55 bits per heavy atom. The Morgan fingerprint density at radius 1 is 1.07 bits per heavy atom. The average Bonchev–Trinajstić information content (AvgIpc) is 3.56. The summed E-state index contributed by atoms with van der Waals surface area (Å²) in [5, 5.41) is 9.49. The number of halogens is 1. The molecule has 0 bridgehead atoms. The maximum absolute atomic E-state index is 10.9. The third-order valence-corrected chi connectivity index (χ3v) is 5.00. The summed E-state index contributed by atoms with van der Waals surface area (Å²) in [5.41, 5.74) is 2.65. The molecule has 0 atom stereocenters. The number of aromatic nitrogens is 1. The zero-order chi connectivity index (χ0) is 20.2. The Morgan fingerprint density at radius 2 is 1.86 bits per heavy atom. The van der Waals surface area contributed by atoms with Gasteiger partial charge in [0.25, 0.3) is 0 Å². The molecular formula is C23H20ClNO4. The van der Waals surface area contributed by atoms with Crippen LogP contribution in [0.15, 0.2) is 60.8 Å². The lowest BCUT2D eigenvalue weighted by atomic mass is 10.1. The van der Waals surface area contributed by atoms with E-state index >= 15 is 0 Å². The summed E-state index contributed by atoms with van der Waals surface area (Å²) in [6.45, 7) is 1.05. The number of nitrogens with zero attached hydrogens (tertiary/aromatic N) is 1. The molecule has 0 saturated heterocycles. The first-order valence-electron chi connectivity index (χ1n) is 9.42. The molecule has 1 fully saturated rings. The van der Waals surface area contributed by atoms with Gasteiger partial charge in [0.1, 0.15) is 18.1 Å². The van der Waals surface area contributed by atoms with Gasteiger partial charge in [0.15, 0.2) is 0 Å². The van der Waals surface area contributed by atoms with Crippen LogP contribution in [0.4, 0.5) is 0 Å². The molecule has 0 spiro atoms. The monoisotopic (exact) mass is 409 g/mol.